The average Bonchev–Trinajstić information content (AvgIpc) is 3.74. The van der Waals surface area contributed by atoms with Gasteiger partial charge in [0.05, 0.1) is 22.3 Å². The third-order valence-corrected chi connectivity index (χ3v) is 12.0. The molecule has 0 unspecified atom stereocenters. The van der Waals surface area contributed by atoms with Crippen LogP contribution < -0.4 is 0 Å². The van der Waals surface area contributed by atoms with E-state index in [1.165, 1.54) is 0 Å². The van der Waals surface area contributed by atoms with Crippen LogP contribution in [0.25, 0.3) is 95.0 Å². The zero-order valence-corrected chi connectivity index (χ0v) is 38.8. The summed E-state index contributed by atoms with van der Waals surface area (Å²) in [6.45, 7) is 5.62. The van der Waals surface area contributed by atoms with Crippen molar-refractivity contribution < 1.29 is 31.7 Å². The maximum absolute atomic E-state index is 12.0. The largest absolute Gasteiger partial charge is 0.507 e. The molecule has 10 aromatic rings. The van der Waals surface area contributed by atoms with E-state index in [1.54, 1.807) is 18.3 Å². The van der Waals surface area contributed by atoms with Crippen molar-refractivity contribution in [2.75, 3.05) is 0 Å². The summed E-state index contributed by atoms with van der Waals surface area (Å²) in [5.41, 5.74) is 16.7. The summed E-state index contributed by atoms with van der Waals surface area (Å²) in [6.07, 6.45) is 1.77. The van der Waals surface area contributed by atoms with Crippen LogP contribution in [0.15, 0.2) is 188 Å². The van der Waals surface area contributed by atoms with Gasteiger partial charge in [-0.05, 0) is 107 Å². The Bertz CT molecular complexity index is 3490. The number of para-hydroxylation sites is 1. The number of nitrogens with zero attached hydrogens (tertiary/aromatic N) is 3. The Labute approximate surface area is 401 Å². The summed E-state index contributed by atoms with van der Waals surface area (Å²) < 4.78 is 35.2. The molecule has 0 aliphatic rings. The van der Waals surface area contributed by atoms with Gasteiger partial charge in [-0.2, -0.15) is 0 Å². The van der Waals surface area contributed by atoms with Crippen molar-refractivity contribution in [1.29, 1.82) is 0 Å². The van der Waals surface area contributed by atoms with Crippen molar-refractivity contribution in [3.63, 3.8) is 0 Å². The van der Waals surface area contributed by atoms with Gasteiger partial charge in [0.25, 0.3) is 0 Å². The molecule has 0 atom stereocenters. The Morgan fingerprint density at radius 2 is 1.22 bits per heavy atom. The fraction of sp³-hybridized carbons (Fsp3) is 0.100. The smallest absolute Gasteiger partial charge is 0.148 e. The first-order valence-electron chi connectivity index (χ1n) is 23.5. The predicted octanol–water partition coefficient (Wildman–Crippen LogP) is 15.6. The van der Waals surface area contributed by atoms with Gasteiger partial charge in [0.2, 0.25) is 0 Å². The number of imidazole rings is 1. The van der Waals surface area contributed by atoms with Gasteiger partial charge in [-0.3, -0.25) is 9.55 Å². The first kappa shape index (κ1) is 38.3. The molecule has 0 saturated heterocycles. The predicted molar refractivity (Wildman–Crippen MR) is 266 cm³/mol. The molecule has 65 heavy (non-hydrogen) atoms. The van der Waals surface area contributed by atoms with Crippen molar-refractivity contribution in [3.05, 3.63) is 217 Å². The van der Waals surface area contributed by atoms with Crippen LogP contribution in [0, 0.1) is 26.8 Å². The van der Waals surface area contributed by atoms with Gasteiger partial charge >= 0.3 is 0 Å². The molecule has 4 nitrogen and oxygen atoms in total. The van der Waals surface area contributed by atoms with E-state index in [0.29, 0.717) is 22.6 Å². The number of pyridine rings is 1. The summed E-state index contributed by atoms with van der Waals surface area (Å²) in [5, 5.41) is 12.0. The minimum Gasteiger partial charge on any atom is -0.507 e. The van der Waals surface area contributed by atoms with Crippen LogP contribution in [-0.2, 0) is 21.1 Å². The minimum atomic E-state index is -2.19. The average molecular weight is 1030 g/mol. The second kappa shape index (κ2) is 18.2. The van der Waals surface area contributed by atoms with Crippen molar-refractivity contribution in [2.45, 2.75) is 40.4 Å². The van der Waals surface area contributed by atoms with Gasteiger partial charge in [-0.15, -0.1) is 23.8 Å². The number of benzene rings is 8. The van der Waals surface area contributed by atoms with Crippen molar-refractivity contribution in [3.8, 4) is 89.7 Å². The fourth-order valence-electron chi connectivity index (χ4n) is 8.83. The van der Waals surface area contributed by atoms with Crippen LogP contribution in [0.1, 0.15) is 47.5 Å². The van der Waals surface area contributed by atoms with Crippen LogP contribution in [0.3, 0.4) is 0 Å². The van der Waals surface area contributed by atoms with E-state index in [1.807, 2.05) is 125 Å². The van der Waals surface area contributed by atoms with Gasteiger partial charge in [0, 0.05) is 44.0 Å². The van der Waals surface area contributed by atoms with E-state index in [2.05, 4.69) is 83.4 Å². The number of fused-ring (bicyclic) bond motifs is 1. The molecule has 0 bridgehead atoms. The van der Waals surface area contributed by atoms with Crippen molar-refractivity contribution in [1.82, 2.24) is 14.5 Å². The first-order chi connectivity index (χ1) is 32.7. The van der Waals surface area contributed by atoms with Crippen LogP contribution in [-0.4, -0.2) is 19.6 Å². The monoisotopic (exact) mass is 1030 g/mol. The summed E-state index contributed by atoms with van der Waals surface area (Å²) in [7, 11) is 0. The normalized spacial score (nSPS) is 12.5. The zero-order chi connectivity index (χ0) is 47.3. The second-order valence-corrected chi connectivity index (χ2v) is 16.6. The van der Waals surface area contributed by atoms with Crippen molar-refractivity contribution in [2.24, 2.45) is 0 Å². The topological polar surface area (TPSA) is 50.9 Å². The molecule has 2 heterocycles. The summed E-state index contributed by atoms with van der Waals surface area (Å²) in [4.78, 5) is 10.4. The summed E-state index contributed by atoms with van der Waals surface area (Å²) in [5.74, 6) is -0.215. The molecule has 0 radical (unpaired) electrons. The van der Waals surface area contributed by atoms with E-state index in [0.717, 1.165) is 94.6 Å². The molecule has 1 N–H and O–H groups in total. The summed E-state index contributed by atoms with van der Waals surface area (Å²) in [6, 6.07) is 64.2. The third-order valence-electron chi connectivity index (χ3n) is 12.0. The molecule has 0 aliphatic carbocycles. The number of phenolic OH excluding ortho intramolecular Hbond substituents is 1. The van der Waals surface area contributed by atoms with Crippen LogP contribution in [0.2, 0.25) is 0 Å². The van der Waals surface area contributed by atoms with E-state index >= 15 is 0 Å². The first-order valence-corrected chi connectivity index (χ1v) is 21.5. The van der Waals surface area contributed by atoms with Crippen LogP contribution in [0.4, 0.5) is 0 Å². The number of aryl methyl sites for hydroxylation is 3. The van der Waals surface area contributed by atoms with Crippen LogP contribution >= 0.6 is 0 Å². The number of aromatic nitrogens is 3. The number of hydrogen-bond acceptors (Lipinski definition) is 3. The van der Waals surface area contributed by atoms with Gasteiger partial charge in [0.15, 0.2) is 0 Å². The summed E-state index contributed by atoms with van der Waals surface area (Å²) >= 11 is 0. The van der Waals surface area contributed by atoms with Gasteiger partial charge in [-0.25, -0.2) is 4.98 Å². The zero-order valence-electron chi connectivity index (χ0n) is 40.5. The number of phenols is 1. The maximum Gasteiger partial charge on any atom is 0.148 e. The Kier molecular flexibility index (Phi) is 10.7. The number of hydrogen-bond donors (Lipinski definition) is 1. The molecular formula is C60H48N3OPt-. The Morgan fingerprint density at radius 1 is 0.569 bits per heavy atom. The van der Waals surface area contributed by atoms with Crippen LogP contribution in [0.5, 0.6) is 5.75 Å². The molecule has 2 aromatic heterocycles. The molecule has 0 aliphatic heterocycles. The minimum absolute atomic E-state index is 0. The Hall–Kier alpha value is -7.13. The standard InChI is InChI=1S/C60H48N3O.Pt/c1-38(2)51-36-53(45-20-13-8-14-21-45)57(37-52(51)44-18-11-7-12-19-44)63-56-23-15-22-50(58(56)62-60(63)54-31-40(4)30-41(5)59(54)64)48-32-47(42-16-9-6-10-17-42)33-49(34-48)55-35-46(28-29-61-55)43-26-24-39(3)25-27-43;/h6-33,35-38,64H,1-5H3;/q-1;/i3D3,38D;. The SMILES string of the molecule is [2H]C([2H])([2H])c1ccc(-c2ccnc(-c3[c-]c(-c4cccc5c4nc(-c4cc(C)cc(C)c4O)n5-c4cc(-c5ccccc5)c(C([2H])(C)C)cc4-c4ccccc4)cc(-c4ccccc4)c3)c2)cc1.[Pt]. The van der Waals surface area contributed by atoms with E-state index in [4.69, 9.17) is 14.1 Å². The maximum atomic E-state index is 12.0. The van der Waals surface area contributed by atoms with E-state index < -0.39 is 12.7 Å². The van der Waals surface area contributed by atoms with E-state index in [-0.39, 0.29) is 26.8 Å². The molecule has 10 rings (SSSR count). The molecule has 0 saturated carbocycles. The molecular weight excluding hydrogens is 974 g/mol. The Morgan fingerprint density at radius 3 is 1.89 bits per heavy atom. The van der Waals surface area contributed by atoms with Crippen molar-refractivity contribution >= 4 is 11.0 Å². The number of aromatic hydroxyl groups is 1. The quantitative estimate of drug-likeness (QED) is 0.147. The molecule has 8 aromatic carbocycles. The molecule has 0 fully saturated rings. The molecule has 0 spiro atoms. The van der Waals surface area contributed by atoms with Gasteiger partial charge < -0.3 is 5.11 Å². The van der Waals surface area contributed by atoms with Gasteiger partial charge in [0.1, 0.15) is 11.6 Å². The second-order valence-electron chi connectivity index (χ2n) is 16.6. The number of rotatable bonds is 9. The molecule has 5 heteroatoms. The third kappa shape index (κ3) is 8.39. The fourth-order valence-corrected chi connectivity index (χ4v) is 8.83. The van der Waals surface area contributed by atoms with Gasteiger partial charge in [-0.1, -0.05) is 176 Å². The van der Waals surface area contributed by atoms with E-state index in [9.17, 15) is 6.48 Å². The molecule has 0 amide bonds. The Balaban J connectivity index is 0.00000593. The molecule has 320 valence electrons.